The van der Waals surface area contributed by atoms with E-state index in [0.717, 1.165) is 3.58 Å². The maximum Gasteiger partial charge on any atom is 0.330 e. The van der Waals surface area contributed by atoms with Crippen LogP contribution in [0.15, 0.2) is 21.8 Å². The Morgan fingerprint density at radius 2 is 2.20 bits per heavy atom. The third kappa shape index (κ3) is 5.81. The molecule has 0 aliphatic heterocycles. The zero-order chi connectivity index (χ0) is 7.98. The lowest BCUT2D eigenvalue weighted by atomic mass is 10.4. The summed E-state index contributed by atoms with van der Waals surface area (Å²) in [6.07, 6.45) is 4.87. The van der Waals surface area contributed by atoms with Gasteiger partial charge in [0.15, 0.2) is 0 Å². The van der Waals surface area contributed by atoms with Crippen LogP contribution < -0.4 is 0 Å². The molecule has 0 aliphatic rings. The standard InChI is InChI=1S/C7H9IO2/c1-6(8)4-3-5-7(9)10-2/h3-5H,1-2H3/b5-3+,6-4+. The molecule has 0 radical (unpaired) electrons. The fraction of sp³-hybridized carbons (Fsp3) is 0.286. The summed E-state index contributed by atoms with van der Waals surface area (Å²) in [7, 11) is 1.35. The zero-order valence-electron chi connectivity index (χ0n) is 5.93. The largest absolute Gasteiger partial charge is 0.466 e. The zero-order valence-corrected chi connectivity index (χ0v) is 8.08. The molecule has 0 unspecified atom stereocenters. The molecular weight excluding hydrogens is 243 g/mol. The Hall–Kier alpha value is -0.320. The summed E-state index contributed by atoms with van der Waals surface area (Å²) >= 11 is 2.16. The number of hydrogen-bond acceptors (Lipinski definition) is 2. The van der Waals surface area contributed by atoms with Gasteiger partial charge in [-0.1, -0.05) is 12.2 Å². The van der Waals surface area contributed by atoms with E-state index in [1.54, 1.807) is 6.08 Å². The third-order valence-electron chi connectivity index (χ3n) is 0.759. The molecule has 3 heteroatoms. The number of esters is 1. The summed E-state index contributed by atoms with van der Waals surface area (Å²) in [5, 5.41) is 0. The first kappa shape index (κ1) is 9.68. The molecule has 0 atom stereocenters. The molecule has 0 aliphatic carbocycles. The predicted molar refractivity (Wildman–Crippen MR) is 48.9 cm³/mol. The molecule has 0 heterocycles. The highest BCUT2D eigenvalue weighted by Gasteiger charge is 1.86. The van der Waals surface area contributed by atoms with Crippen molar-refractivity contribution in [2.24, 2.45) is 0 Å². The Bertz CT molecular complexity index is 166. The van der Waals surface area contributed by atoms with E-state index in [2.05, 4.69) is 27.3 Å². The molecule has 0 spiro atoms. The fourth-order valence-corrected chi connectivity index (χ4v) is 0.535. The average molecular weight is 252 g/mol. The Balaban J connectivity index is 3.77. The minimum absolute atomic E-state index is 0.325. The molecule has 0 saturated heterocycles. The van der Waals surface area contributed by atoms with E-state index in [1.807, 2.05) is 13.0 Å². The van der Waals surface area contributed by atoms with E-state index < -0.39 is 0 Å². The highest BCUT2D eigenvalue weighted by molar-refractivity contribution is 14.1. The molecule has 0 N–H and O–H groups in total. The normalized spacial score (nSPS) is 12.1. The summed E-state index contributed by atoms with van der Waals surface area (Å²) in [4.78, 5) is 10.5. The van der Waals surface area contributed by atoms with Gasteiger partial charge < -0.3 is 4.74 Å². The van der Waals surface area contributed by atoms with Crippen LogP contribution in [0.1, 0.15) is 6.92 Å². The summed E-state index contributed by atoms with van der Waals surface area (Å²) in [5.74, 6) is -0.325. The number of allylic oxidation sites excluding steroid dienone is 3. The predicted octanol–water partition coefficient (Wildman–Crippen LogP) is 2.05. The first-order valence-electron chi connectivity index (χ1n) is 2.75. The number of halogens is 1. The van der Waals surface area contributed by atoms with Crippen molar-refractivity contribution in [1.82, 2.24) is 0 Å². The summed E-state index contributed by atoms with van der Waals surface area (Å²) in [6, 6.07) is 0. The first-order chi connectivity index (χ1) is 4.66. The lowest BCUT2D eigenvalue weighted by Crippen LogP contribution is -1.92. The van der Waals surface area contributed by atoms with E-state index in [4.69, 9.17) is 0 Å². The minimum Gasteiger partial charge on any atom is -0.466 e. The van der Waals surface area contributed by atoms with Crippen LogP contribution >= 0.6 is 22.6 Å². The number of carbonyl (C=O) groups is 1. The van der Waals surface area contributed by atoms with Gasteiger partial charge in [0, 0.05) is 6.08 Å². The molecule has 0 saturated carbocycles. The van der Waals surface area contributed by atoms with Crippen LogP contribution in [0.25, 0.3) is 0 Å². The van der Waals surface area contributed by atoms with E-state index in [0.29, 0.717) is 0 Å². The van der Waals surface area contributed by atoms with Crippen molar-refractivity contribution >= 4 is 28.6 Å². The fourth-order valence-electron chi connectivity index (χ4n) is 0.327. The maximum absolute atomic E-state index is 10.5. The molecule has 0 fully saturated rings. The number of ether oxygens (including phenoxy) is 1. The summed E-state index contributed by atoms with van der Waals surface area (Å²) < 4.78 is 5.50. The smallest absolute Gasteiger partial charge is 0.330 e. The molecule has 0 aromatic heterocycles. The summed E-state index contributed by atoms with van der Waals surface area (Å²) in [5.41, 5.74) is 0. The van der Waals surface area contributed by atoms with Gasteiger partial charge in [0.05, 0.1) is 7.11 Å². The molecule has 0 aromatic carbocycles. The molecule has 0 aromatic rings. The van der Waals surface area contributed by atoms with Crippen LogP contribution in [0.2, 0.25) is 0 Å². The Morgan fingerprint density at radius 3 is 2.60 bits per heavy atom. The van der Waals surface area contributed by atoms with E-state index >= 15 is 0 Å². The number of rotatable bonds is 2. The van der Waals surface area contributed by atoms with Crippen molar-refractivity contribution in [3.05, 3.63) is 21.8 Å². The maximum atomic E-state index is 10.5. The Labute approximate surface area is 74.1 Å². The van der Waals surface area contributed by atoms with Gasteiger partial charge in [-0.25, -0.2) is 4.79 Å². The van der Waals surface area contributed by atoms with E-state index in [-0.39, 0.29) is 5.97 Å². The lowest BCUT2D eigenvalue weighted by Gasteiger charge is -1.86. The molecule has 10 heavy (non-hydrogen) atoms. The van der Waals surface area contributed by atoms with Crippen LogP contribution in [0.5, 0.6) is 0 Å². The van der Waals surface area contributed by atoms with Crippen molar-refractivity contribution in [1.29, 1.82) is 0 Å². The van der Waals surface area contributed by atoms with Crippen LogP contribution in [-0.2, 0) is 9.53 Å². The summed E-state index contributed by atoms with van der Waals surface area (Å²) in [6.45, 7) is 1.95. The van der Waals surface area contributed by atoms with Gasteiger partial charge in [0.25, 0.3) is 0 Å². The van der Waals surface area contributed by atoms with Crippen molar-refractivity contribution < 1.29 is 9.53 Å². The average Bonchev–Trinajstić information content (AvgIpc) is 1.87. The van der Waals surface area contributed by atoms with Crippen molar-refractivity contribution in [2.45, 2.75) is 6.92 Å². The van der Waals surface area contributed by atoms with Crippen molar-refractivity contribution in [3.63, 3.8) is 0 Å². The topological polar surface area (TPSA) is 26.3 Å². The Morgan fingerprint density at radius 1 is 1.60 bits per heavy atom. The van der Waals surface area contributed by atoms with E-state index in [9.17, 15) is 4.79 Å². The SMILES string of the molecule is COC(=O)/C=C/C=C(\C)I. The monoisotopic (exact) mass is 252 g/mol. The van der Waals surface area contributed by atoms with Crippen LogP contribution in [0, 0.1) is 0 Å². The molecule has 56 valence electrons. The first-order valence-corrected chi connectivity index (χ1v) is 3.83. The van der Waals surface area contributed by atoms with Crippen molar-refractivity contribution in [2.75, 3.05) is 7.11 Å². The number of methoxy groups -OCH3 is 1. The second kappa shape index (κ2) is 5.46. The van der Waals surface area contributed by atoms with Crippen LogP contribution in [0.3, 0.4) is 0 Å². The van der Waals surface area contributed by atoms with Gasteiger partial charge in [0.1, 0.15) is 0 Å². The second-order valence-corrected chi connectivity index (χ2v) is 3.34. The molecular formula is C7H9IO2. The van der Waals surface area contributed by atoms with Crippen molar-refractivity contribution in [3.8, 4) is 0 Å². The van der Waals surface area contributed by atoms with Gasteiger partial charge in [-0.2, -0.15) is 0 Å². The van der Waals surface area contributed by atoms with E-state index in [1.165, 1.54) is 13.2 Å². The van der Waals surface area contributed by atoms with Gasteiger partial charge in [-0.15, -0.1) is 0 Å². The molecule has 0 rings (SSSR count). The third-order valence-corrected chi connectivity index (χ3v) is 1.12. The quantitative estimate of drug-likeness (QED) is 0.325. The lowest BCUT2D eigenvalue weighted by molar-refractivity contribution is -0.134. The number of carbonyl (C=O) groups excluding carboxylic acids is 1. The highest BCUT2D eigenvalue weighted by atomic mass is 127. The molecule has 0 bridgehead atoms. The number of hydrogen-bond donors (Lipinski definition) is 0. The van der Waals surface area contributed by atoms with Gasteiger partial charge >= 0.3 is 5.97 Å². The van der Waals surface area contributed by atoms with Crippen LogP contribution in [0.4, 0.5) is 0 Å². The van der Waals surface area contributed by atoms with Gasteiger partial charge in [-0.05, 0) is 33.1 Å². The minimum atomic E-state index is -0.325. The van der Waals surface area contributed by atoms with Gasteiger partial charge in [0.2, 0.25) is 0 Å². The Kier molecular flexibility index (Phi) is 5.29. The van der Waals surface area contributed by atoms with Gasteiger partial charge in [-0.3, -0.25) is 0 Å². The highest BCUT2D eigenvalue weighted by Crippen LogP contribution is 2.01. The second-order valence-electron chi connectivity index (χ2n) is 1.64. The van der Waals surface area contributed by atoms with Crippen LogP contribution in [-0.4, -0.2) is 13.1 Å². The molecule has 2 nitrogen and oxygen atoms in total. The molecule has 0 amide bonds.